The van der Waals surface area contributed by atoms with Gasteiger partial charge >= 0.3 is 0 Å². The Balaban J connectivity index is 1.77. The van der Waals surface area contributed by atoms with Crippen LogP contribution in [-0.2, 0) is 18.6 Å². The van der Waals surface area contributed by atoms with E-state index in [9.17, 15) is 4.79 Å². The molecule has 27 heavy (non-hydrogen) atoms. The Morgan fingerprint density at radius 1 is 1.26 bits per heavy atom. The van der Waals surface area contributed by atoms with Gasteiger partial charge < -0.3 is 10.1 Å². The van der Waals surface area contributed by atoms with E-state index in [2.05, 4.69) is 36.4 Å². The first kappa shape index (κ1) is 17.7. The molecule has 4 rings (SSSR count). The van der Waals surface area contributed by atoms with Crippen molar-refractivity contribution < 1.29 is 9.53 Å². The van der Waals surface area contributed by atoms with Gasteiger partial charge in [0.25, 0.3) is 5.91 Å². The highest BCUT2D eigenvalue weighted by molar-refractivity contribution is 7.98. The number of benzene rings is 1. The van der Waals surface area contributed by atoms with E-state index in [0.29, 0.717) is 11.4 Å². The lowest BCUT2D eigenvalue weighted by atomic mass is 10.1. The molecule has 0 atom stereocenters. The summed E-state index contributed by atoms with van der Waals surface area (Å²) in [7, 11) is 3.26. The highest BCUT2D eigenvalue weighted by atomic mass is 32.2. The number of anilines is 1. The predicted molar refractivity (Wildman–Crippen MR) is 106 cm³/mol. The Bertz CT molecular complexity index is 1040. The molecule has 8 heteroatoms. The van der Waals surface area contributed by atoms with Crippen molar-refractivity contribution in [3.05, 3.63) is 52.3 Å². The quantitative estimate of drug-likeness (QED) is 0.749. The van der Waals surface area contributed by atoms with Crippen LogP contribution >= 0.6 is 11.8 Å². The number of hydrogen-bond donors (Lipinski definition) is 1. The molecule has 0 saturated carbocycles. The fraction of sp³-hybridized carbons (Fsp3) is 0.316. The van der Waals surface area contributed by atoms with Crippen molar-refractivity contribution in [3.63, 3.8) is 0 Å². The number of methoxy groups -OCH3 is 1. The van der Waals surface area contributed by atoms with Crippen molar-refractivity contribution in [2.75, 3.05) is 12.4 Å². The molecule has 7 nitrogen and oxygen atoms in total. The highest BCUT2D eigenvalue weighted by Crippen LogP contribution is 2.37. The number of hydrogen-bond acceptors (Lipinski definition) is 5. The summed E-state index contributed by atoms with van der Waals surface area (Å²) in [5, 5.41) is 12.0. The Morgan fingerprint density at radius 2 is 2.07 bits per heavy atom. The van der Waals surface area contributed by atoms with E-state index in [1.165, 1.54) is 12.7 Å². The van der Waals surface area contributed by atoms with Crippen LogP contribution in [0.4, 0.5) is 5.82 Å². The van der Waals surface area contributed by atoms with Gasteiger partial charge in [-0.25, -0.2) is 4.68 Å². The molecule has 1 aliphatic heterocycles. The van der Waals surface area contributed by atoms with Gasteiger partial charge in [0.2, 0.25) is 5.88 Å². The van der Waals surface area contributed by atoms with Gasteiger partial charge in [-0.1, -0.05) is 17.7 Å². The minimum atomic E-state index is -0.259. The van der Waals surface area contributed by atoms with Crippen LogP contribution in [0.3, 0.4) is 0 Å². The second-order valence-corrected chi connectivity index (χ2v) is 7.63. The molecule has 0 radical (unpaired) electrons. The Hall–Kier alpha value is -2.74. The monoisotopic (exact) mass is 383 g/mol. The summed E-state index contributed by atoms with van der Waals surface area (Å²) in [5.74, 6) is 2.45. The number of fused-ring (bicyclic) bond motifs is 1. The molecule has 0 saturated heterocycles. The van der Waals surface area contributed by atoms with Crippen molar-refractivity contribution in [1.29, 1.82) is 0 Å². The molecule has 3 heterocycles. The zero-order chi connectivity index (χ0) is 19.1. The number of nitrogens with zero attached hydrogens (tertiary/aromatic N) is 4. The third kappa shape index (κ3) is 3.10. The number of amides is 1. The summed E-state index contributed by atoms with van der Waals surface area (Å²) in [6, 6.07) is 6.21. The van der Waals surface area contributed by atoms with E-state index < -0.39 is 0 Å². The number of ether oxygens (including phenoxy) is 1. The normalized spacial score (nSPS) is 12.9. The Morgan fingerprint density at radius 3 is 2.81 bits per heavy atom. The Labute approximate surface area is 161 Å². The summed E-state index contributed by atoms with van der Waals surface area (Å²) in [6.45, 7) is 4.12. The Kier molecular flexibility index (Phi) is 4.43. The fourth-order valence-corrected chi connectivity index (χ4v) is 4.34. The van der Waals surface area contributed by atoms with Gasteiger partial charge in [-0.2, -0.15) is 16.9 Å². The van der Waals surface area contributed by atoms with E-state index >= 15 is 0 Å². The molecular formula is C19H21N5O2S. The van der Waals surface area contributed by atoms with Crippen molar-refractivity contribution in [2.24, 2.45) is 7.05 Å². The van der Waals surface area contributed by atoms with Gasteiger partial charge in [0.1, 0.15) is 11.4 Å². The highest BCUT2D eigenvalue weighted by Gasteiger charge is 2.27. The lowest BCUT2D eigenvalue weighted by Gasteiger charge is -2.13. The van der Waals surface area contributed by atoms with Gasteiger partial charge in [-0.3, -0.25) is 9.48 Å². The number of carbonyl (C=O) groups excluding carboxylic acids is 1. The first-order valence-electron chi connectivity index (χ1n) is 8.63. The molecule has 0 unspecified atom stereocenters. The zero-order valence-electron chi connectivity index (χ0n) is 15.7. The van der Waals surface area contributed by atoms with Crippen LogP contribution in [0.1, 0.15) is 32.7 Å². The summed E-state index contributed by atoms with van der Waals surface area (Å²) in [5.41, 5.74) is 5.77. The maximum atomic E-state index is 12.9. The number of aromatic nitrogens is 4. The molecule has 0 fully saturated rings. The molecule has 140 valence electrons. The lowest BCUT2D eigenvalue weighted by molar-refractivity contribution is 0.102. The summed E-state index contributed by atoms with van der Waals surface area (Å²) in [4.78, 5) is 12.9. The second-order valence-electron chi connectivity index (χ2n) is 6.65. The van der Waals surface area contributed by atoms with E-state index in [0.717, 1.165) is 39.8 Å². The minimum absolute atomic E-state index is 0.259. The van der Waals surface area contributed by atoms with Crippen molar-refractivity contribution in [3.8, 4) is 11.6 Å². The number of thioether (sulfide) groups is 1. The van der Waals surface area contributed by atoms with Gasteiger partial charge in [0, 0.05) is 30.3 Å². The van der Waals surface area contributed by atoms with Crippen LogP contribution in [0.2, 0.25) is 0 Å². The van der Waals surface area contributed by atoms with Crippen LogP contribution in [0.5, 0.6) is 5.88 Å². The molecule has 0 spiro atoms. The average molecular weight is 383 g/mol. The second kappa shape index (κ2) is 6.77. The molecular weight excluding hydrogens is 362 g/mol. The maximum Gasteiger partial charge on any atom is 0.263 e. The van der Waals surface area contributed by atoms with Gasteiger partial charge in [0.15, 0.2) is 0 Å². The van der Waals surface area contributed by atoms with E-state index in [1.54, 1.807) is 29.7 Å². The smallest absolute Gasteiger partial charge is 0.263 e. The number of carbonyl (C=O) groups is 1. The third-order valence-corrected chi connectivity index (χ3v) is 5.57. The maximum absolute atomic E-state index is 12.9. The predicted octanol–water partition coefficient (Wildman–Crippen LogP) is 3.23. The summed E-state index contributed by atoms with van der Waals surface area (Å²) >= 11 is 1.80. The summed E-state index contributed by atoms with van der Waals surface area (Å²) < 4.78 is 8.64. The number of aryl methyl sites for hydroxylation is 3. The van der Waals surface area contributed by atoms with Gasteiger partial charge in [-0.05, 0) is 25.5 Å². The molecule has 0 bridgehead atoms. The molecule has 3 aromatic rings. The van der Waals surface area contributed by atoms with Crippen LogP contribution in [0.15, 0.2) is 24.4 Å². The molecule has 1 N–H and O–H groups in total. The average Bonchev–Trinajstić information content (AvgIpc) is 3.30. The molecule has 0 aliphatic carbocycles. The van der Waals surface area contributed by atoms with Crippen LogP contribution in [0.25, 0.3) is 5.69 Å². The largest absolute Gasteiger partial charge is 0.479 e. The van der Waals surface area contributed by atoms with Crippen molar-refractivity contribution >= 4 is 23.5 Å². The number of nitrogens with one attached hydrogen (secondary N) is 1. The van der Waals surface area contributed by atoms with E-state index in [4.69, 9.17) is 9.84 Å². The first-order chi connectivity index (χ1) is 13.0. The summed E-state index contributed by atoms with van der Waals surface area (Å²) in [6.07, 6.45) is 1.65. The number of rotatable bonds is 4. The topological polar surface area (TPSA) is 74.0 Å². The minimum Gasteiger partial charge on any atom is -0.479 e. The first-order valence-corrected chi connectivity index (χ1v) is 9.78. The lowest BCUT2D eigenvalue weighted by Crippen LogP contribution is -2.17. The fourth-order valence-electron chi connectivity index (χ4n) is 3.31. The standard InChI is InChI=1S/C19H21N5O2S/c1-11-5-6-16(12(2)7-11)24-17(14-9-27-10-15(14)21-24)20-18(25)13-8-23(3)22-19(13)26-4/h5-8H,9-10H2,1-4H3,(H,20,25). The molecule has 1 aliphatic rings. The van der Waals surface area contributed by atoms with E-state index in [1.807, 2.05) is 10.7 Å². The van der Waals surface area contributed by atoms with Crippen molar-refractivity contribution in [2.45, 2.75) is 25.4 Å². The zero-order valence-corrected chi connectivity index (χ0v) is 16.6. The molecule has 1 aromatic carbocycles. The van der Waals surface area contributed by atoms with E-state index in [-0.39, 0.29) is 5.91 Å². The third-order valence-electron chi connectivity index (χ3n) is 4.60. The molecule has 2 aromatic heterocycles. The van der Waals surface area contributed by atoms with Crippen LogP contribution < -0.4 is 10.1 Å². The SMILES string of the molecule is COc1nn(C)cc1C(=O)Nc1c2c(nn1-c1ccc(C)cc1C)CSC2. The molecule has 1 amide bonds. The van der Waals surface area contributed by atoms with Crippen LogP contribution in [0, 0.1) is 13.8 Å². The van der Waals surface area contributed by atoms with Crippen LogP contribution in [-0.4, -0.2) is 32.6 Å². The van der Waals surface area contributed by atoms with Gasteiger partial charge in [-0.15, -0.1) is 5.10 Å². The van der Waals surface area contributed by atoms with Crippen molar-refractivity contribution in [1.82, 2.24) is 19.6 Å². The van der Waals surface area contributed by atoms with Gasteiger partial charge in [0.05, 0.1) is 18.5 Å².